The summed E-state index contributed by atoms with van der Waals surface area (Å²) in [5.41, 5.74) is 0.0580. The molecule has 0 N–H and O–H groups in total. The van der Waals surface area contributed by atoms with E-state index in [0.717, 1.165) is 13.2 Å². The minimum absolute atomic E-state index is 0.0580. The highest BCUT2D eigenvalue weighted by atomic mass is 19.1. The number of hydrogen-bond acceptors (Lipinski definition) is 3. The average Bonchev–Trinajstić information content (AvgIpc) is 2.22. The van der Waals surface area contributed by atoms with Crippen LogP contribution in [0.2, 0.25) is 0 Å². The molecule has 3 nitrogen and oxygen atoms in total. The number of ether oxygens (including phenoxy) is 2. The SMILES string of the molecule is COc1cc(CC(C)=O)c(F)c(OC)c1F. The van der Waals surface area contributed by atoms with Crippen molar-refractivity contribution in [3.05, 3.63) is 23.3 Å². The molecule has 0 saturated heterocycles. The van der Waals surface area contributed by atoms with Crippen LogP contribution in [0.25, 0.3) is 0 Å². The minimum Gasteiger partial charge on any atom is -0.494 e. The van der Waals surface area contributed by atoms with Gasteiger partial charge in [-0.15, -0.1) is 0 Å². The Hall–Kier alpha value is -1.65. The molecule has 0 unspecified atom stereocenters. The normalized spacial score (nSPS) is 10.1. The van der Waals surface area contributed by atoms with Crippen LogP contribution in [0, 0.1) is 11.6 Å². The highest BCUT2D eigenvalue weighted by molar-refractivity contribution is 5.78. The summed E-state index contributed by atoms with van der Waals surface area (Å²) >= 11 is 0. The maximum absolute atomic E-state index is 13.6. The van der Waals surface area contributed by atoms with Gasteiger partial charge in [0.2, 0.25) is 5.82 Å². The Balaban J connectivity index is 3.34. The lowest BCUT2D eigenvalue weighted by atomic mass is 10.1. The van der Waals surface area contributed by atoms with E-state index in [1.807, 2.05) is 0 Å². The number of hydrogen-bond donors (Lipinski definition) is 0. The van der Waals surface area contributed by atoms with Crippen LogP contribution in [0.1, 0.15) is 12.5 Å². The van der Waals surface area contributed by atoms with Crippen molar-refractivity contribution in [1.82, 2.24) is 0 Å². The molecule has 0 radical (unpaired) electrons. The molecule has 0 amide bonds. The van der Waals surface area contributed by atoms with Crippen molar-refractivity contribution >= 4 is 5.78 Å². The predicted molar refractivity (Wildman–Crippen MR) is 53.8 cm³/mol. The number of rotatable bonds is 4. The minimum atomic E-state index is -0.908. The van der Waals surface area contributed by atoms with E-state index in [1.54, 1.807) is 0 Å². The zero-order chi connectivity index (χ0) is 12.3. The molecular formula is C11H12F2O3. The van der Waals surface area contributed by atoms with Gasteiger partial charge in [0, 0.05) is 12.0 Å². The van der Waals surface area contributed by atoms with Crippen LogP contribution in [0.4, 0.5) is 8.78 Å². The van der Waals surface area contributed by atoms with Crippen LogP contribution in [0.5, 0.6) is 11.5 Å². The molecular weight excluding hydrogens is 218 g/mol. The quantitative estimate of drug-likeness (QED) is 0.794. The molecule has 0 aliphatic heterocycles. The second-order valence-corrected chi connectivity index (χ2v) is 3.28. The van der Waals surface area contributed by atoms with Gasteiger partial charge in [0.05, 0.1) is 14.2 Å². The summed E-state index contributed by atoms with van der Waals surface area (Å²) in [5, 5.41) is 0. The van der Waals surface area contributed by atoms with Gasteiger partial charge in [-0.25, -0.2) is 4.39 Å². The molecule has 0 spiro atoms. The largest absolute Gasteiger partial charge is 0.494 e. The zero-order valence-corrected chi connectivity index (χ0v) is 9.27. The molecule has 0 saturated carbocycles. The first-order valence-electron chi connectivity index (χ1n) is 4.59. The van der Waals surface area contributed by atoms with Gasteiger partial charge < -0.3 is 9.47 Å². The first-order chi connectivity index (χ1) is 7.51. The fraction of sp³-hybridized carbons (Fsp3) is 0.364. The molecule has 0 atom stereocenters. The third-order valence-corrected chi connectivity index (χ3v) is 2.07. The molecule has 1 rings (SSSR count). The van der Waals surface area contributed by atoms with Crippen LogP contribution < -0.4 is 9.47 Å². The van der Waals surface area contributed by atoms with Crippen LogP contribution in [-0.2, 0) is 11.2 Å². The van der Waals surface area contributed by atoms with Crippen molar-refractivity contribution in [3.63, 3.8) is 0 Å². The van der Waals surface area contributed by atoms with Crippen molar-refractivity contribution in [2.75, 3.05) is 14.2 Å². The Bertz CT molecular complexity index is 416. The maximum atomic E-state index is 13.6. The Morgan fingerprint density at radius 1 is 1.25 bits per heavy atom. The van der Waals surface area contributed by atoms with E-state index in [9.17, 15) is 13.6 Å². The number of methoxy groups -OCH3 is 2. The third kappa shape index (κ3) is 2.29. The van der Waals surface area contributed by atoms with Gasteiger partial charge in [0.15, 0.2) is 17.3 Å². The lowest BCUT2D eigenvalue weighted by Gasteiger charge is -2.11. The Morgan fingerprint density at radius 2 is 1.88 bits per heavy atom. The number of ketones is 1. The van der Waals surface area contributed by atoms with E-state index in [-0.39, 0.29) is 23.5 Å². The number of carbonyl (C=O) groups excluding carboxylic acids is 1. The lowest BCUT2D eigenvalue weighted by molar-refractivity contribution is -0.116. The molecule has 1 aromatic carbocycles. The first-order valence-corrected chi connectivity index (χ1v) is 4.59. The highest BCUT2D eigenvalue weighted by Gasteiger charge is 2.20. The van der Waals surface area contributed by atoms with E-state index in [2.05, 4.69) is 4.74 Å². The van der Waals surface area contributed by atoms with Gasteiger partial charge in [0.1, 0.15) is 5.78 Å². The molecule has 0 fully saturated rings. The average molecular weight is 230 g/mol. The van der Waals surface area contributed by atoms with Crippen LogP contribution in [-0.4, -0.2) is 20.0 Å². The standard InChI is InChI=1S/C11H12F2O3/c1-6(14)4-7-5-8(15-2)10(13)11(16-3)9(7)12/h5H,4H2,1-3H3. The number of Topliss-reactive ketones (excluding diaryl/α,β-unsaturated/α-hetero) is 1. The summed E-state index contributed by atoms with van der Waals surface area (Å²) in [4.78, 5) is 10.9. The second kappa shape index (κ2) is 4.92. The van der Waals surface area contributed by atoms with Crippen LogP contribution in [0.15, 0.2) is 6.07 Å². The smallest absolute Gasteiger partial charge is 0.209 e. The fourth-order valence-corrected chi connectivity index (χ4v) is 1.36. The molecule has 0 heterocycles. The molecule has 88 valence electrons. The zero-order valence-electron chi connectivity index (χ0n) is 9.27. The van der Waals surface area contributed by atoms with Crippen LogP contribution in [0.3, 0.4) is 0 Å². The van der Waals surface area contributed by atoms with E-state index in [1.165, 1.54) is 14.0 Å². The van der Waals surface area contributed by atoms with E-state index >= 15 is 0 Å². The summed E-state index contributed by atoms with van der Waals surface area (Å²) in [7, 11) is 2.41. The first kappa shape index (κ1) is 12.4. The molecule has 0 aliphatic carbocycles. The number of carbonyl (C=O) groups is 1. The van der Waals surface area contributed by atoms with Gasteiger partial charge >= 0.3 is 0 Å². The molecule has 0 aliphatic rings. The second-order valence-electron chi connectivity index (χ2n) is 3.28. The lowest BCUT2D eigenvalue weighted by Crippen LogP contribution is -2.05. The summed E-state index contributed by atoms with van der Waals surface area (Å²) in [6, 6.07) is 1.16. The van der Waals surface area contributed by atoms with Gasteiger partial charge in [-0.3, -0.25) is 4.79 Å². The van der Waals surface area contributed by atoms with Gasteiger partial charge in [-0.05, 0) is 13.0 Å². The molecule has 5 heteroatoms. The Kier molecular flexibility index (Phi) is 3.82. The van der Waals surface area contributed by atoms with Crippen LogP contribution >= 0.6 is 0 Å². The predicted octanol–water partition coefficient (Wildman–Crippen LogP) is 2.11. The number of benzene rings is 1. The summed E-state index contributed by atoms with van der Waals surface area (Å²) in [6.07, 6.45) is -0.126. The van der Waals surface area contributed by atoms with Gasteiger partial charge in [-0.1, -0.05) is 0 Å². The third-order valence-electron chi connectivity index (χ3n) is 2.07. The van der Waals surface area contributed by atoms with Crippen molar-refractivity contribution in [2.45, 2.75) is 13.3 Å². The molecule has 0 bridgehead atoms. The van der Waals surface area contributed by atoms with E-state index in [4.69, 9.17) is 4.74 Å². The fourth-order valence-electron chi connectivity index (χ4n) is 1.36. The van der Waals surface area contributed by atoms with Crippen molar-refractivity contribution in [1.29, 1.82) is 0 Å². The monoisotopic (exact) mass is 230 g/mol. The van der Waals surface area contributed by atoms with E-state index < -0.39 is 17.4 Å². The molecule has 16 heavy (non-hydrogen) atoms. The molecule has 0 aromatic heterocycles. The van der Waals surface area contributed by atoms with E-state index in [0.29, 0.717) is 0 Å². The van der Waals surface area contributed by atoms with Gasteiger partial charge in [0.25, 0.3) is 0 Å². The topological polar surface area (TPSA) is 35.5 Å². The molecule has 1 aromatic rings. The highest BCUT2D eigenvalue weighted by Crippen LogP contribution is 2.32. The Morgan fingerprint density at radius 3 is 2.31 bits per heavy atom. The summed E-state index contributed by atoms with van der Waals surface area (Å²) in [6.45, 7) is 1.32. The summed E-state index contributed by atoms with van der Waals surface area (Å²) < 4.78 is 36.4. The maximum Gasteiger partial charge on any atom is 0.209 e. The Labute approximate surface area is 92.0 Å². The van der Waals surface area contributed by atoms with Crippen molar-refractivity contribution in [2.24, 2.45) is 0 Å². The number of halogens is 2. The van der Waals surface area contributed by atoms with Crippen molar-refractivity contribution in [3.8, 4) is 11.5 Å². The summed E-state index contributed by atoms with van der Waals surface area (Å²) in [5.74, 6) is -2.68. The van der Waals surface area contributed by atoms with Gasteiger partial charge in [-0.2, -0.15) is 4.39 Å². The van der Waals surface area contributed by atoms with Crippen molar-refractivity contribution < 1.29 is 23.0 Å².